The van der Waals surface area contributed by atoms with Gasteiger partial charge in [-0.25, -0.2) is 4.79 Å². The predicted molar refractivity (Wildman–Crippen MR) is 67.4 cm³/mol. The third-order valence-electron chi connectivity index (χ3n) is 3.32. The van der Waals surface area contributed by atoms with E-state index in [-0.39, 0.29) is 5.69 Å². The van der Waals surface area contributed by atoms with Crippen LogP contribution in [0.4, 0.5) is 5.82 Å². The molecule has 1 saturated heterocycles. The molecule has 0 radical (unpaired) electrons. The third-order valence-corrected chi connectivity index (χ3v) is 3.32. The number of anilines is 1. The van der Waals surface area contributed by atoms with Crippen LogP contribution < -0.4 is 10.6 Å². The zero-order valence-corrected chi connectivity index (χ0v) is 10.5. The fourth-order valence-electron chi connectivity index (χ4n) is 2.11. The average molecular weight is 250 g/mol. The maximum Gasteiger partial charge on any atom is 0.358 e. The van der Waals surface area contributed by atoms with Crippen LogP contribution in [0.5, 0.6) is 0 Å². The van der Waals surface area contributed by atoms with Gasteiger partial charge in [-0.3, -0.25) is 0 Å². The lowest BCUT2D eigenvalue weighted by Crippen LogP contribution is -2.36. The first kappa shape index (κ1) is 12.8. The molecule has 1 aliphatic heterocycles. The van der Waals surface area contributed by atoms with Crippen molar-refractivity contribution in [2.45, 2.75) is 12.8 Å². The SMILES string of the molecule is COC(=O)c1ccc(N2CCC(CN)CC2)nn1. The molecule has 6 nitrogen and oxygen atoms in total. The van der Waals surface area contributed by atoms with E-state index >= 15 is 0 Å². The number of nitrogens with zero attached hydrogens (tertiary/aromatic N) is 3. The largest absolute Gasteiger partial charge is 0.464 e. The average Bonchev–Trinajstić information content (AvgIpc) is 2.47. The van der Waals surface area contributed by atoms with E-state index in [1.165, 1.54) is 7.11 Å². The molecule has 0 aromatic carbocycles. The molecule has 98 valence electrons. The molecule has 0 saturated carbocycles. The summed E-state index contributed by atoms with van der Waals surface area (Å²) < 4.78 is 4.58. The Bertz CT molecular complexity index is 399. The maximum absolute atomic E-state index is 11.2. The Morgan fingerprint density at radius 3 is 2.67 bits per heavy atom. The van der Waals surface area contributed by atoms with E-state index in [1.54, 1.807) is 6.07 Å². The summed E-state index contributed by atoms with van der Waals surface area (Å²) in [6, 6.07) is 3.45. The Labute approximate surface area is 106 Å². The van der Waals surface area contributed by atoms with Crippen molar-refractivity contribution in [1.29, 1.82) is 0 Å². The van der Waals surface area contributed by atoms with Gasteiger partial charge in [-0.1, -0.05) is 0 Å². The molecule has 0 unspecified atom stereocenters. The second kappa shape index (κ2) is 5.77. The van der Waals surface area contributed by atoms with Crippen molar-refractivity contribution >= 4 is 11.8 Å². The molecule has 6 heteroatoms. The lowest BCUT2D eigenvalue weighted by atomic mass is 9.97. The normalized spacial score (nSPS) is 16.7. The molecule has 2 heterocycles. The Kier molecular flexibility index (Phi) is 4.09. The van der Waals surface area contributed by atoms with Crippen molar-refractivity contribution in [3.63, 3.8) is 0 Å². The lowest BCUT2D eigenvalue weighted by Gasteiger charge is -2.31. The van der Waals surface area contributed by atoms with Gasteiger partial charge in [0.1, 0.15) is 0 Å². The van der Waals surface area contributed by atoms with Crippen molar-refractivity contribution < 1.29 is 9.53 Å². The van der Waals surface area contributed by atoms with Crippen molar-refractivity contribution in [3.8, 4) is 0 Å². The van der Waals surface area contributed by atoms with E-state index in [0.717, 1.165) is 38.3 Å². The van der Waals surface area contributed by atoms with Crippen molar-refractivity contribution in [2.75, 3.05) is 31.6 Å². The molecular formula is C12H18N4O2. The fraction of sp³-hybridized carbons (Fsp3) is 0.583. The molecule has 0 atom stereocenters. The zero-order chi connectivity index (χ0) is 13.0. The highest BCUT2D eigenvalue weighted by Gasteiger charge is 2.19. The van der Waals surface area contributed by atoms with Crippen LogP contribution in [0.2, 0.25) is 0 Å². The Hall–Kier alpha value is -1.69. The van der Waals surface area contributed by atoms with Crippen LogP contribution in [0.1, 0.15) is 23.3 Å². The van der Waals surface area contributed by atoms with E-state index in [0.29, 0.717) is 5.92 Å². The minimum absolute atomic E-state index is 0.234. The van der Waals surface area contributed by atoms with Crippen molar-refractivity contribution in [1.82, 2.24) is 10.2 Å². The van der Waals surface area contributed by atoms with Gasteiger partial charge in [0, 0.05) is 13.1 Å². The number of nitrogens with two attached hydrogens (primary N) is 1. The van der Waals surface area contributed by atoms with Crippen LogP contribution in [0.3, 0.4) is 0 Å². The number of carbonyl (C=O) groups is 1. The number of methoxy groups -OCH3 is 1. The summed E-state index contributed by atoms with van der Waals surface area (Å²) in [5.74, 6) is 0.956. The molecule has 1 aliphatic rings. The number of hydrogen-bond donors (Lipinski definition) is 1. The molecular weight excluding hydrogens is 232 g/mol. The first-order chi connectivity index (χ1) is 8.74. The number of esters is 1. The van der Waals surface area contributed by atoms with Gasteiger partial charge in [0.2, 0.25) is 0 Å². The monoisotopic (exact) mass is 250 g/mol. The molecule has 0 bridgehead atoms. The number of rotatable bonds is 3. The van der Waals surface area contributed by atoms with Gasteiger partial charge in [-0.15, -0.1) is 10.2 Å². The van der Waals surface area contributed by atoms with E-state index in [1.807, 2.05) is 6.07 Å². The van der Waals surface area contributed by atoms with E-state index in [2.05, 4.69) is 19.8 Å². The molecule has 1 aromatic heterocycles. The van der Waals surface area contributed by atoms with Crippen LogP contribution >= 0.6 is 0 Å². The van der Waals surface area contributed by atoms with Gasteiger partial charge in [0.15, 0.2) is 11.5 Å². The fourth-order valence-corrected chi connectivity index (χ4v) is 2.11. The Morgan fingerprint density at radius 1 is 1.44 bits per heavy atom. The molecule has 0 amide bonds. The van der Waals surface area contributed by atoms with Gasteiger partial charge in [0.05, 0.1) is 7.11 Å². The first-order valence-electron chi connectivity index (χ1n) is 6.11. The van der Waals surface area contributed by atoms with Crippen LogP contribution in [0.25, 0.3) is 0 Å². The maximum atomic E-state index is 11.2. The standard InChI is InChI=1S/C12H18N4O2/c1-18-12(17)10-2-3-11(15-14-10)16-6-4-9(8-13)5-7-16/h2-3,9H,4-8,13H2,1H3. The van der Waals surface area contributed by atoms with Crippen LogP contribution in [-0.4, -0.2) is 42.9 Å². The number of carbonyl (C=O) groups excluding carboxylic acids is 1. The number of ether oxygens (including phenoxy) is 1. The van der Waals surface area contributed by atoms with E-state index < -0.39 is 5.97 Å². The highest BCUT2D eigenvalue weighted by atomic mass is 16.5. The smallest absolute Gasteiger partial charge is 0.358 e. The van der Waals surface area contributed by atoms with Crippen LogP contribution in [0, 0.1) is 5.92 Å². The minimum Gasteiger partial charge on any atom is -0.464 e. The van der Waals surface area contributed by atoms with Gasteiger partial charge < -0.3 is 15.4 Å². The summed E-state index contributed by atoms with van der Waals surface area (Å²) in [6.45, 7) is 2.63. The quantitative estimate of drug-likeness (QED) is 0.784. The topological polar surface area (TPSA) is 81.3 Å². The predicted octanol–water partition coefficient (Wildman–Crippen LogP) is 0.438. The van der Waals surface area contributed by atoms with Crippen molar-refractivity contribution in [2.24, 2.45) is 11.7 Å². The Balaban J connectivity index is 2.00. The lowest BCUT2D eigenvalue weighted by molar-refractivity contribution is 0.0592. The highest BCUT2D eigenvalue weighted by molar-refractivity contribution is 5.86. The van der Waals surface area contributed by atoms with Crippen molar-refractivity contribution in [3.05, 3.63) is 17.8 Å². The third kappa shape index (κ3) is 2.76. The molecule has 0 spiro atoms. The highest BCUT2D eigenvalue weighted by Crippen LogP contribution is 2.20. The molecule has 2 N–H and O–H groups in total. The summed E-state index contributed by atoms with van der Waals surface area (Å²) >= 11 is 0. The second-order valence-corrected chi connectivity index (χ2v) is 4.43. The van der Waals surface area contributed by atoms with Crippen LogP contribution in [-0.2, 0) is 4.74 Å². The number of hydrogen-bond acceptors (Lipinski definition) is 6. The van der Waals surface area contributed by atoms with Crippen LogP contribution in [0.15, 0.2) is 12.1 Å². The summed E-state index contributed by atoms with van der Waals surface area (Å²) in [5, 5.41) is 7.94. The molecule has 1 fully saturated rings. The number of aromatic nitrogens is 2. The van der Waals surface area contributed by atoms with Gasteiger partial charge in [-0.05, 0) is 37.4 Å². The number of piperidine rings is 1. The molecule has 18 heavy (non-hydrogen) atoms. The van der Waals surface area contributed by atoms with E-state index in [9.17, 15) is 4.79 Å². The molecule has 2 rings (SSSR count). The zero-order valence-electron chi connectivity index (χ0n) is 10.5. The first-order valence-corrected chi connectivity index (χ1v) is 6.11. The Morgan fingerprint density at radius 2 is 2.17 bits per heavy atom. The van der Waals surface area contributed by atoms with Gasteiger partial charge in [-0.2, -0.15) is 0 Å². The summed E-state index contributed by atoms with van der Waals surface area (Å²) in [4.78, 5) is 13.4. The second-order valence-electron chi connectivity index (χ2n) is 4.43. The summed E-state index contributed by atoms with van der Waals surface area (Å²) in [6.07, 6.45) is 2.16. The molecule has 0 aliphatic carbocycles. The summed E-state index contributed by atoms with van der Waals surface area (Å²) in [5.41, 5.74) is 5.89. The van der Waals surface area contributed by atoms with Gasteiger partial charge >= 0.3 is 5.97 Å². The molecule has 1 aromatic rings. The minimum atomic E-state index is -0.462. The van der Waals surface area contributed by atoms with E-state index in [4.69, 9.17) is 5.73 Å². The summed E-state index contributed by atoms with van der Waals surface area (Å²) in [7, 11) is 1.33. The van der Waals surface area contributed by atoms with Gasteiger partial charge in [0.25, 0.3) is 0 Å².